The van der Waals surface area contributed by atoms with E-state index in [2.05, 4.69) is 36.7 Å². The predicted molar refractivity (Wildman–Crippen MR) is 132 cm³/mol. The van der Waals surface area contributed by atoms with Crippen molar-refractivity contribution >= 4 is 40.7 Å². The molecule has 0 radical (unpaired) electrons. The van der Waals surface area contributed by atoms with Crippen LogP contribution in [0.2, 0.25) is 10.0 Å². The maximum atomic E-state index is 15.6. The Bertz CT molecular complexity index is 1180. The molecule has 0 bridgehead atoms. The van der Waals surface area contributed by atoms with Crippen LogP contribution in [0.25, 0.3) is 0 Å². The van der Waals surface area contributed by atoms with E-state index in [-0.39, 0.29) is 33.9 Å². The van der Waals surface area contributed by atoms with Crippen LogP contribution in [0.1, 0.15) is 57.1 Å². The highest BCUT2D eigenvalue weighted by Gasteiger charge is 2.66. The average Bonchev–Trinajstić information content (AvgIpc) is 3.43. The Kier molecular flexibility index (Phi) is 5.70. The molecule has 4 atom stereocenters. The van der Waals surface area contributed by atoms with Crippen LogP contribution < -0.4 is 16.0 Å². The van der Waals surface area contributed by atoms with Crippen LogP contribution in [0, 0.1) is 11.2 Å². The second kappa shape index (κ2) is 8.21. The number of amides is 2. The van der Waals surface area contributed by atoms with Gasteiger partial charge in [-0.3, -0.25) is 9.59 Å². The summed E-state index contributed by atoms with van der Waals surface area (Å²) in [6, 6.07) is 8.93. The van der Waals surface area contributed by atoms with Gasteiger partial charge in [-0.1, -0.05) is 62.2 Å². The zero-order valence-electron chi connectivity index (χ0n) is 19.3. The van der Waals surface area contributed by atoms with E-state index in [9.17, 15) is 9.59 Å². The monoisotopic (exact) mass is 503 g/mol. The SMILES string of the molecule is CC(C)(C)C[C@H]1N[C@@H](C(=O)NC2CC2)[C@H](c2cccc(Cl)c2F)[C@@]12C(=O)Nc1cc(Cl)ccc12. The van der Waals surface area contributed by atoms with Crippen LogP contribution >= 0.6 is 23.2 Å². The first-order chi connectivity index (χ1) is 16.0. The molecule has 2 fully saturated rings. The Morgan fingerprint density at radius 3 is 2.62 bits per heavy atom. The second-order valence-electron chi connectivity index (χ2n) is 10.9. The Hall–Kier alpha value is -2.15. The second-order valence-corrected chi connectivity index (χ2v) is 11.7. The lowest BCUT2D eigenvalue weighted by Crippen LogP contribution is -2.49. The summed E-state index contributed by atoms with van der Waals surface area (Å²) in [5.41, 5.74) is 0.179. The van der Waals surface area contributed by atoms with E-state index in [0.717, 1.165) is 18.4 Å². The summed E-state index contributed by atoms with van der Waals surface area (Å²) >= 11 is 12.4. The van der Waals surface area contributed by atoms with Gasteiger partial charge in [-0.25, -0.2) is 4.39 Å². The minimum absolute atomic E-state index is 0.0389. The molecular formula is C26H28Cl2FN3O2. The first kappa shape index (κ1) is 23.6. The summed E-state index contributed by atoms with van der Waals surface area (Å²) in [6.07, 6.45) is 2.44. The van der Waals surface area contributed by atoms with E-state index in [1.807, 2.05) is 6.07 Å². The topological polar surface area (TPSA) is 70.2 Å². The van der Waals surface area contributed by atoms with Crippen molar-refractivity contribution in [3.8, 4) is 0 Å². The molecule has 34 heavy (non-hydrogen) atoms. The van der Waals surface area contributed by atoms with E-state index in [0.29, 0.717) is 17.1 Å². The van der Waals surface area contributed by atoms with Gasteiger partial charge >= 0.3 is 0 Å². The van der Waals surface area contributed by atoms with Crippen molar-refractivity contribution in [1.29, 1.82) is 0 Å². The summed E-state index contributed by atoms with van der Waals surface area (Å²) in [6.45, 7) is 6.26. The summed E-state index contributed by atoms with van der Waals surface area (Å²) in [5.74, 6) is -1.90. The molecule has 2 aromatic rings. The molecule has 180 valence electrons. The number of fused-ring (bicyclic) bond motifs is 2. The number of carbonyl (C=O) groups excluding carboxylic acids is 2. The lowest BCUT2D eigenvalue weighted by molar-refractivity contribution is -0.124. The van der Waals surface area contributed by atoms with Gasteiger partial charge in [-0.05, 0) is 54.0 Å². The molecule has 2 aliphatic heterocycles. The number of benzene rings is 2. The highest BCUT2D eigenvalue weighted by Crippen LogP contribution is 2.57. The van der Waals surface area contributed by atoms with E-state index in [4.69, 9.17) is 23.2 Å². The van der Waals surface area contributed by atoms with Crippen LogP contribution in [0.5, 0.6) is 0 Å². The van der Waals surface area contributed by atoms with Crippen molar-refractivity contribution in [3.05, 3.63) is 63.4 Å². The quantitative estimate of drug-likeness (QED) is 0.539. The Morgan fingerprint density at radius 2 is 1.94 bits per heavy atom. The fourth-order valence-electron chi connectivity index (χ4n) is 5.67. The van der Waals surface area contributed by atoms with Gasteiger partial charge in [-0.15, -0.1) is 0 Å². The maximum Gasteiger partial charge on any atom is 0.238 e. The summed E-state index contributed by atoms with van der Waals surface area (Å²) < 4.78 is 15.6. The van der Waals surface area contributed by atoms with Gasteiger partial charge < -0.3 is 16.0 Å². The molecule has 2 heterocycles. The number of rotatable bonds is 4. The molecule has 5 nitrogen and oxygen atoms in total. The van der Waals surface area contributed by atoms with Gasteiger partial charge in [-0.2, -0.15) is 0 Å². The van der Waals surface area contributed by atoms with E-state index in [1.54, 1.807) is 24.3 Å². The molecule has 1 spiro atoms. The third-order valence-corrected chi connectivity index (χ3v) is 7.67. The van der Waals surface area contributed by atoms with Crippen LogP contribution in [0.15, 0.2) is 36.4 Å². The first-order valence-electron chi connectivity index (χ1n) is 11.6. The third-order valence-electron chi connectivity index (χ3n) is 7.14. The van der Waals surface area contributed by atoms with Crippen molar-refractivity contribution < 1.29 is 14.0 Å². The number of anilines is 1. The highest BCUT2D eigenvalue weighted by molar-refractivity contribution is 6.31. The standard InChI is InChI=1S/C26H28Cl2FN3O2/c1-25(2,3)12-19-26(16-10-7-13(27)11-18(16)31-24(26)34)20(15-5-4-6-17(28)21(15)29)22(32-19)23(33)30-14-8-9-14/h4-7,10-11,14,19-20,22,32H,8-9,12H2,1-3H3,(H,30,33)(H,31,34)/t19-,20+,22-,26+/m1/s1. The normalized spacial score (nSPS) is 28.2. The van der Waals surface area contributed by atoms with Crippen LogP contribution in [0.3, 0.4) is 0 Å². The van der Waals surface area contributed by atoms with Gasteiger partial charge in [0.05, 0.1) is 11.1 Å². The molecule has 0 aromatic heterocycles. The molecular weight excluding hydrogens is 476 g/mol. The summed E-state index contributed by atoms with van der Waals surface area (Å²) in [7, 11) is 0. The zero-order chi connectivity index (χ0) is 24.4. The van der Waals surface area contributed by atoms with E-state index in [1.165, 1.54) is 6.07 Å². The van der Waals surface area contributed by atoms with Gasteiger partial charge in [0, 0.05) is 28.7 Å². The Labute approximate surface area is 208 Å². The molecule has 2 amide bonds. The van der Waals surface area contributed by atoms with Crippen molar-refractivity contribution in [1.82, 2.24) is 10.6 Å². The van der Waals surface area contributed by atoms with E-state index >= 15 is 4.39 Å². The van der Waals surface area contributed by atoms with Crippen molar-refractivity contribution in [2.24, 2.45) is 5.41 Å². The number of halogens is 3. The fraction of sp³-hybridized carbons (Fsp3) is 0.462. The minimum atomic E-state index is -1.22. The molecule has 8 heteroatoms. The molecule has 3 N–H and O–H groups in total. The highest BCUT2D eigenvalue weighted by atomic mass is 35.5. The lowest BCUT2D eigenvalue weighted by Gasteiger charge is -2.37. The lowest BCUT2D eigenvalue weighted by atomic mass is 9.62. The number of carbonyl (C=O) groups is 2. The third kappa shape index (κ3) is 3.80. The molecule has 3 aliphatic rings. The van der Waals surface area contributed by atoms with Crippen molar-refractivity contribution in [2.75, 3.05) is 5.32 Å². The first-order valence-corrected chi connectivity index (χ1v) is 12.4. The van der Waals surface area contributed by atoms with Gasteiger partial charge in [0.2, 0.25) is 11.8 Å². The fourth-order valence-corrected chi connectivity index (χ4v) is 6.02. The summed E-state index contributed by atoms with van der Waals surface area (Å²) in [5, 5.41) is 9.97. The maximum absolute atomic E-state index is 15.6. The molecule has 0 unspecified atom stereocenters. The number of hydrogen-bond donors (Lipinski definition) is 3. The molecule has 2 aromatic carbocycles. The van der Waals surface area contributed by atoms with Gasteiger partial charge in [0.1, 0.15) is 11.2 Å². The minimum Gasteiger partial charge on any atom is -0.352 e. The zero-order valence-corrected chi connectivity index (χ0v) is 20.9. The largest absolute Gasteiger partial charge is 0.352 e. The smallest absolute Gasteiger partial charge is 0.238 e. The molecule has 1 aliphatic carbocycles. The van der Waals surface area contributed by atoms with Crippen LogP contribution in [0.4, 0.5) is 10.1 Å². The molecule has 5 rings (SSSR count). The predicted octanol–water partition coefficient (Wildman–Crippen LogP) is 5.16. The van der Waals surface area contributed by atoms with Crippen molar-refractivity contribution in [3.63, 3.8) is 0 Å². The average molecular weight is 504 g/mol. The van der Waals surface area contributed by atoms with E-state index < -0.39 is 29.2 Å². The molecule has 1 saturated heterocycles. The van der Waals surface area contributed by atoms with Gasteiger partial charge in [0.15, 0.2) is 0 Å². The number of nitrogens with one attached hydrogen (secondary N) is 3. The summed E-state index contributed by atoms with van der Waals surface area (Å²) in [4.78, 5) is 27.5. The molecule has 1 saturated carbocycles. The Morgan fingerprint density at radius 1 is 1.21 bits per heavy atom. The number of hydrogen-bond acceptors (Lipinski definition) is 3. The van der Waals surface area contributed by atoms with Crippen LogP contribution in [-0.4, -0.2) is 29.9 Å². The van der Waals surface area contributed by atoms with Crippen LogP contribution in [-0.2, 0) is 15.0 Å². The van der Waals surface area contributed by atoms with Gasteiger partial charge in [0.25, 0.3) is 0 Å². The van der Waals surface area contributed by atoms with Crippen molar-refractivity contribution in [2.45, 2.75) is 69.5 Å². The Balaban J connectivity index is 1.75.